The maximum absolute atomic E-state index is 5.68. The molecule has 2 rings (SSSR count). The van der Waals surface area contributed by atoms with Crippen LogP contribution in [0.2, 0.25) is 0 Å². The summed E-state index contributed by atoms with van der Waals surface area (Å²) in [5.41, 5.74) is 2.31. The van der Waals surface area contributed by atoms with Crippen LogP contribution < -0.4 is 5.32 Å². The number of hydrogen-bond donors (Lipinski definition) is 1. The van der Waals surface area contributed by atoms with Gasteiger partial charge in [-0.1, -0.05) is 30.3 Å². The fourth-order valence-corrected chi connectivity index (χ4v) is 2.15. The maximum Gasteiger partial charge on any atom is 0.156 e. The lowest BCUT2D eigenvalue weighted by atomic mass is 10.1. The molecule has 1 aromatic heterocycles. The average Bonchev–Trinajstić information content (AvgIpc) is 2.48. The van der Waals surface area contributed by atoms with E-state index in [-0.39, 0.29) is 0 Å². The Balaban J connectivity index is 1.73. The van der Waals surface area contributed by atoms with Crippen molar-refractivity contribution >= 4 is 5.82 Å². The molecule has 21 heavy (non-hydrogen) atoms. The lowest BCUT2D eigenvalue weighted by Gasteiger charge is -2.07. The average molecular weight is 285 g/mol. The minimum atomic E-state index is 0.467. The number of ether oxygens (including phenoxy) is 1. The Labute approximate surface area is 126 Å². The standard InChI is InChI=1S/C17H23N3O/c1-3-18-16-12-14(2)19-17(20-16)13-21-11-7-10-15-8-5-4-6-9-15/h4-6,8-9,12H,3,7,10-11,13H2,1-2H3,(H,18,19,20). The molecule has 0 aliphatic rings. The van der Waals surface area contributed by atoms with Gasteiger partial charge >= 0.3 is 0 Å². The van der Waals surface area contributed by atoms with E-state index in [1.165, 1.54) is 5.56 Å². The molecule has 0 spiro atoms. The Morgan fingerprint density at radius 2 is 1.95 bits per heavy atom. The molecule has 0 aliphatic carbocycles. The molecule has 4 nitrogen and oxygen atoms in total. The summed E-state index contributed by atoms with van der Waals surface area (Å²) in [5.74, 6) is 1.61. The molecule has 0 unspecified atom stereocenters. The first-order chi connectivity index (χ1) is 10.3. The lowest BCUT2D eigenvalue weighted by Crippen LogP contribution is -2.07. The third-order valence-electron chi connectivity index (χ3n) is 3.09. The number of rotatable bonds is 8. The van der Waals surface area contributed by atoms with Crippen LogP contribution in [0.5, 0.6) is 0 Å². The highest BCUT2D eigenvalue weighted by atomic mass is 16.5. The van der Waals surface area contributed by atoms with Gasteiger partial charge in [-0.2, -0.15) is 0 Å². The Bertz CT molecular complexity index is 543. The second-order valence-electron chi connectivity index (χ2n) is 4.98. The van der Waals surface area contributed by atoms with Gasteiger partial charge in [-0.05, 0) is 32.3 Å². The van der Waals surface area contributed by atoms with Gasteiger partial charge in [-0.3, -0.25) is 0 Å². The van der Waals surface area contributed by atoms with Gasteiger partial charge in [-0.15, -0.1) is 0 Å². The highest BCUT2D eigenvalue weighted by Crippen LogP contribution is 2.07. The van der Waals surface area contributed by atoms with E-state index < -0.39 is 0 Å². The van der Waals surface area contributed by atoms with E-state index in [9.17, 15) is 0 Å². The van der Waals surface area contributed by atoms with Crippen LogP contribution in [0, 0.1) is 6.92 Å². The van der Waals surface area contributed by atoms with Gasteiger partial charge in [0.15, 0.2) is 5.82 Å². The van der Waals surface area contributed by atoms with Crippen LogP contribution in [0.1, 0.15) is 30.4 Å². The highest BCUT2D eigenvalue weighted by Gasteiger charge is 2.02. The van der Waals surface area contributed by atoms with Crippen LogP contribution in [-0.2, 0) is 17.8 Å². The van der Waals surface area contributed by atoms with Crippen molar-refractivity contribution in [2.45, 2.75) is 33.3 Å². The lowest BCUT2D eigenvalue weighted by molar-refractivity contribution is 0.113. The number of benzene rings is 1. The van der Waals surface area contributed by atoms with Crippen LogP contribution in [0.25, 0.3) is 0 Å². The molecule has 1 N–H and O–H groups in total. The van der Waals surface area contributed by atoms with E-state index in [0.29, 0.717) is 6.61 Å². The van der Waals surface area contributed by atoms with Crippen molar-refractivity contribution in [1.82, 2.24) is 9.97 Å². The molecule has 0 atom stereocenters. The van der Waals surface area contributed by atoms with E-state index in [1.807, 2.05) is 19.1 Å². The van der Waals surface area contributed by atoms with Crippen molar-refractivity contribution in [3.05, 3.63) is 53.5 Å². The van der Waals surface area contributed by atoms with E-state index >= 15 is 0 Å². The Hall–Kier alpha value is -1.94. The van der Waals surface area contributed by atoms with Crippen molar-refractivity contribution in [1.29, 1.82) is 0 Å². The molecule has 4 heteroatoms. The van der Waals surface area contributed by atoms with Gasteiger partial charge in [-0.25, -0.2) is 9.97 Å². The summed E-state index contributed by atoms with van der Waals surface area (Å²) < 4.78 is 5.68. The van der Waals surface area contributed by atoms with Crippen molar-refractivity contribution in [3.8, 4) is 0 Å². The van der Waals surface area contributed by atoms with Crippen LogP contribution in [0.15, 0.2) is 36.4 Å². The number of hydrogen-bond acceptors (Lipinski definition) is 4. The van der Waals surface area contributed by atoms with Crippen LogP contribution in [0.3, 0.4) is 0 Å². The van der Waals surface area contributed by atoms with Gasteiger partial charge in [0, 0.05) is 24.9 Å². The third kappa shape index (κ3) is 5.52. The molecular weight excluding hydrogens is 262 g/mol. The molecule has 0 saturated heterocycles. The number of anilines is 1. The van der Waals surface area contributed by atoms with E-state index in [0.717, 1.165) is 43.3 Å². The summed E-state index contributed by atoms with van der Waals surface area (Å²) in [4.78, 5) is 8.83. The summed E-state index contributed by atoms with van der Waals surface area (Å²) in [7, 11) is 0. The van der Waals surface area contributed by atoms with Crippen molar-refractivity contribution in [2.24, 2.45) is 0 Å². The summed E-state index contributed by atoms with van der Waals surface area (Å²) in [6.07, 6.45) is 2.05. The van der Waals surface area contributed by atoms with E-state index in [1.54, 1.807) is 0 Å². The van der Waals surface area contributed by atoms with Crippen LogP contribution >= 0.6 is 0 Å². The van der Waals surface area contributed by atoms with Gasteiger partial charge in [0.25, 0.3) is 0 Å². The van der Waals surface area contributed by atoms with Gasteiger partial charge in [0.2, 0.25) is 0 Å². The van der Waals surface area contributed by atoms with Crippen LogP contribution in [0.4, 0.5) is 5.82 Å². The minimum Gasteiger partial charge on any atom is -0.373 e. The fourth-order valence-electron chi connectivity index (χ4n) is 2.15. The second kappa shape index (κ2) is 8.37. The first-order valence-electron chi connectivity index (χ1n) is 7.48. The molecule has 0 radical (unpaired) electrons. The van der Waals surface area contributed by atoms with Crippen molar-refractivity contribution < 1.29 is 4.74 Å². The summed E-state index contributed by atoms with van der Waals surface area (Å²) >= 11 is 0. The Kier molecular flexibility index (Phi) is 6.16. The van der Waals surface area contributed by atoms with Gasteiger partial charge in [0.1, 0.15) is 12.4 Å². The molecule has 1 heterocycles. The predicted molar refractivity (Wildman–Crippen MR) is 85.4 cm³/mol. The zero-order valence-electron chi connectivity index (χ0n) is 12.8. The largest absolute Gasteiger partial charge is 0.373 e. The molecule has 0 aliphatic heterocycles. The maximum atomic E-state index is 5.68. The number of nitrogens with zero attached hydrogens (tertiary/aromatic N) is 2. The van der Waals surface area contributed by atoms with Gasteiger partial charge < -0.3 is 10.1 Å². The molecular formula is C17H23N3O. The molecule has 1 aromatic carbocycles. The third-order valence-corrected chi connectivity index (χ3v) is 3.09. The monoisotopic (exact) mass is 285 g/mol. The topological polar surface area (TPSA) is 47.0 Å². The highest BCUT2D eigenvalue weighted by molar-refractivity contribution is 5.35. The summed E-state index contributed by atoms with van der Waals surface area (Å²) in [6, 6.07) is 12.4. The van der Waals surface area contributed by atoms with E-state index in [4.69, 9.17) is 4.74 Å². The van der Waals surface area contributed by atoms with Crippen molar-refractivity contribution in [3.63, 3.8) is 0 Å². The first kappa shape index (κ1) is 15.4. The summed E-state index contributed by atoms with van der Waals surface area (Å²) in [5, 5.41) is 3.21. The zero-order valence-corrected chi connectivity index (χ0v) is 12.8. The normalized spacial score (nSPS) is 10.6. The minimum absolute atomic E-state index is 0.467. The SMILES string of the molecule is CCNc1cc(C)nc(COCCCc2ccccc2)n1. The van der Waals surface area contributed by atoms with Crippen LogP contribution in [-0.4, -0.2) is 23.1 Å². The quantitative estimate of drug-likeness (QED) is 0.755. The Morgan fingerprint density at radius 3 is 2.71 bits per heavy atom. The number of aryl methyl sites for hydroxylation is 2. The molecule has 0 amide bonds. The Morgan fingerprint density at radius 1 is 1.14 bits per heavy atom. The molecule has 2 aromatic rings. The number of nitrogens with one attached hydrogen (secondary N) is 1. The molecule has 0 fully saturated rings. The number of aromatic nitrogens is 2. The fraction of sp³-hybridized carbons (Fsp3) is 0.412. The van der Waals surface area contributed by atoms with E-state index in [2.05, 4.69) is 46.5 Å². The summed E-state index contributed by atoms with van der Waals surface area (Å²) in [6.45, 7) is 6.07. The molecule has 112 valence electrons. The zero-order chi connectivity index (χ0) is 14.9. The first-order valence-corrected chi connectivity index (χ1v) is 7.48. The second-order valence-corrected chi connectivity index (χ2v) is 4.98. The molecule has 0 bridgehead atoms. The van der Waals surface area contributed by atoms with Crippen molar-refractivity contribution in [2.75, 3.05) is 18.5 Å². The molecule has 0 saturated carbocycles. The smallest absolute Gasteiger partial charge is 0.156 e. The predicted octanol–water partition coefficient (Wildman–Crippen LogP) is 3.37. The van der Waals surface area contributed by atoms with Gasteiger partial charge in [0.05, 0.1) is 0 Å².